The zero-order valence-corrected chi connectivity index (χ0v) is 13.2. The molecule has 112 valence electrons. The van der Waals surface area contributed by atoms with Crippen LogP contribution in [0.1, 0.15) is 42.1 Å². The number of amides is 1. The molecule has 7 heteroatoms. The fraction of sp³-hybridized carbons (Fsp3) is 0.429. The van der Waals surface area contributed by atoms with Gasteiger partial charge in [-0.1, -0.05) is 20.8 Å². The van der Waals surface area contributed by atoms with Gasteiger partial charge in [0, 0.05) is 17.2 Å². The molecule has 0 aliphatic rings. The summed E-state index contributed by atoms with van der Waals surface area (Å²) in [5, 5.41) is 5.33. The monoisotopic (exact) mass is 305 g/mol. The van der Waals surface area contributed by atoms with Gasteiger partial charge in [-0.15, -0.1) is 11.3 Å². The second-order valence-corrected chi connectivity index (χ2v) is 6.61. The fourth-order valence-electron chi connectivity index (χ4n) is 1.63. The van der Waals surface area contributed by atoms with Crippen molar-refractivity contribution in [2.45, 2.75) is 32.6 Å². The molecule has 2 aromatic heterocycles. The molecule has 2 heterocycles. The SMILES string of the molecule is CC(C)(C)c1ncc(NC(=O)c2csc(CCN)n2)cn1. The van der Waals surface area contributed by atoms with Crippen molar-refractivity contribution in [2.24, 2.45) is 5.73 Å². The van der Waals surface area contributed by atoms with Crippen LogP contribution in [-0.4, -0.2) is 27.4 Å². The number of nitrogens with one attached hydrogen (secondary N) is 1. The Morgan fingerprint density at radius 3 is 2.57 bits per heavy atom. The Morgan fingerprint density at radius 1 is 1.33 bits per heavy atom. The quantitative estimate of drug-likeness (QED) is 0.901. The highest BCUT2D eigenvalue weighted by atomic mass is 32.1. The lowest BCUT2D eigenvalue weighted by Gasteiger charge is -2.16. The summed E-state index contributed by atoms with van der Waals surface area (Å²) in [6.45, 7) is 6.63. The molecule has 0 saturated heterocycles. The van der Waals surface area contributed by atoms with Crippen LogP contribution in [0.4, 0.5) is 5.69 Å². The van der Waals surface area contributed by atoms with Gasteiger partial charge in [0.15, 0.2) is 0 Å². The molecule has 2 rings (SSSR count). The molecule has 1 amide bonds. The summed E-state index contributed by atoms with van der Waals surface area (Å²) in [7, 11) is 0. The van der Waals surface area contributed by atoms with Gasteiger partial charge in [0.2, 0.25) is 0 Å². The smallest absolute Gasteiger partial charge is 0.275 e. The molecular weight excluding hydrogens is 286 g/mol. The predicted octanol–water partition coefficient (Wildman–Crippen LogP) is 1.98. The van der Waals surface area contributed by atoms with Crippen molar-refractivity contribution in [2.75, 3.05) is 11.9 Å². The van der Waals surface area contributed by atoms with E-state index in [1.165, 1.54) is 11.3 Å². The van der Waals surface area contributed by atoms with Crippen molar-refractivity contribution in [1.82, 2.24) is 15.0 Å². The van der Waals surface area contributed by atoms with Crippen LogP contribution in [-0.2, 0) is 11.8 Å². The molecule has 0 saturated carbocycles. The molecule has 0 aromatic carbocycles. The van der Waals surface area contributed by atoms with Crippen LogP contribution in [0.25, 0.3) is 0 Å². The third-order valence-electron chi connectivity index (χ3n) is 2.72. The molecule has 0 atom stereocenters. The summed E-state index contributed by atoms with van der Waals surface area (Å²) in [5.41, 5.74) is 6.30. The highest BCUT2D eigenvalue weighted by molar-refractivity contribution is 7.09. The van der Waals surface area contributed by atoms with Crippen molar-refractivity contribution in [3.63, 3.8) is 0 Å². The average molecular weight is 305 g/mol. The lowest BCUT2D eigenvalue weighted by molar-refractivity contribution is 0.102. The van der Waals surface area contributed by atoms with E-state index in [9.17, 15) is 4.79 Å². The number of rotatable bonds is 4. The van der Waals surface area contributed by atoms with E-state index in [1.54, 1.807) is 17.8 Å². The minimum atomic E-state index is -0.262. The van der Waals surface area contributed by atoms with Gasteiger partial charge in [0.25, 0.3) is 5.91 Å². The van der Waals surface area contributed by atoms with Gasteiger partial charge in [-0.2, -0.15) is 0 Å². The van der Waals surface area contributed by atoms with Gasteiger partial charge in [-0.3, -0.25) is 4.79 Å². The Bertz CT molecular complexity index is 615. The number of hydrogen-bond donors (Lipinski definition) is 2. The second kappa shape index (κ2) is 6.28. The number of thiazole rings is 1. The number of nitrogens with zero attached hydrogens (tertiary/aromatic N) is 3. The van der Waals surface area contributed by atoms with E-state index in [4.69, 9.17) is 5.73 Å². The minimum Gasteiger partial charge on any atom is -0.330 e. The summed E-state index contributed by atoms with van der Waals surface area (Å²) in [6.07, 6.45) is 3.90. The van der Waals surface area contributed by atoms with E-state index in [2.05, 4.69) is 20.3 Å². The Labute approximate surface area is 127 Å². The zero-order chi connectivity index (χ0) is 15.5. The summed E-state index contributed by atoms with van der Waals surface area (Å²) in [4.78, 5) is 24.8. The Kier molecular flexibility index (Phi) is 4.64. The molecule has 0 radical (unpaired) electrons. The molecule has 0 fully saturated rings. The van der Waals surface area contributed by atoms with Gasteiger partial charge < -0.3 is 11.1 Å². The number of carbonyl (C=O) groups excluding carboxylic acids is 1. The molecule has 0 bridgehead atoms. The summed E-state index contributed by atoms with van der Waals surface area (Å²) in [6, 6.07) is 0. The van der Waals surface area contributed by atoms with Crippen LogP contribution in [0.2, 0.25) is 0 Å². The second-order valence-electron chi connectivity index (χ2n) is 5.66. The van der Waals surface area contributed by atoms with Crippen LogP contribution >= 0.6 is 11.3 Å². The minimum absolute atomic E-state index is 0.116. The van der Waals surface area contributed by atoms with Gasteiger partial charge in [0.05, 0.1) is 23.1 Å². The number of nitrogens with two attached hydrogens (primary N) is 1. The summed E-state index contributed by atoms with van der Waals surface area (Å²) >= 11 is 1.44. The van der Waals surface area contributed by atoms with Crippen molar-refractivity contribution in [3.05, 3.63) is 34.3 Å². The standard InChI is InChI=1S/C14H19N5OS/c1-14(2,3)13-16-6-9(7-17-13)18-12(20)10-8-21-11(19-10)4-5-15/h6-8H,4-5,15H2,1-3H3,(H,18,20). The van der Waals surface area contributed by atoms with E-state index < -0.39 is 0 Å². The normalized spacial score (nSPS) is 11.4. The largest absolute Gasteiger partial charge is 0.330 e. The molecular formula is C14H19N5OS. The van der Waals surface area contributed by atoms with Crippen molar-refractivity contribution in [1.29, 1.82) is 0 Å². The molecule has 0 unspecified atom stereocenters. The summed E-state index contributed by atoms with van der Waals surface area (Å²) in [5.74, 6) is 0.473. The number of anilines is 1. The maximum absolute atomic E-state index is 12.1. The first-order valence-corrected chi connectivity index (χ1v) is 7.56. The number of carbonyl (C=O) groups is 1. The van der Waals surface area contributed by atoms with Crippen LogP contribution < -0.4 is 11.1 Å². The third kappa shape index (κ3) is 4.05. The highest BCUT2D eigenvalue weighted by Crippen LogP contribution is 2.18. The first kappa shape index (κ1) is 15.5. The molecule has 6 nitrogen and oxygen atoms in total. The van der Waals surface area contributed by atoms with E-state index in [-0.39, 0.29) is 11.3 Å². The maximum atomic E-state index is 12.1. The Balaban J connectivity index is 2.05. The van der Waals surface area contributed by atoms with Crippen LogP contribution in [0.3, 0.4) is 0 Å². The molecule has 0 aliphatic carbocycles. The van der Waals surface area contributed by atoms with Crippen LogP contribution in [0, 0.1) is 0 Å². The van der Waals surface area contributed by atoms with Crippen molar-refractivity contribution in [3.8, 4) is 0 Å². The summed E-state index contributed by atoms with van der Waals surface area (Å²) < 4.78 is 0. The molecule has 0 aliphatic heterocycles. The lowest BCUT2D eigenvalue weighted by Crippen LogP contribution is -2.17. The van der Waals surface area contributed by atoms with E-state index in [1.807, 2.05) is 20.8 Å². The predicted molar refractivity (Wildman–Crippen MR) is 83.6 cm³/mol. The number of hydrogen-bond acceptors (Lipinski definition) is 6. The van der Waals surface area contributed by atoms with Crippen LogP contribution in [0.5, 0.6) is 0 Å². The van der Waals surface area contributed by atoms with Gasteiger partial charge in [0.1, 0.15) is 11.5 Å². The van der Waals surface area contributed by atoms with Crippen molar-refractivity contribution < 1.29 is 4.79 Å². The van der Waals surface area contributed by atoms with E-state index >= 15 is 0 Å². The average Bonchev–Trinajstić information content (AvgIpc) is 2.87. The molecule has 3 N–H and O–H groups in total. The van der Waals surface area contributed by atoms with Gasteiger partial charge in [-0.05, 0) is 6.54 Å². The third-order valence-corrected chi connectivity index (χ3v) is 3.63. The molecule has 21 heavy (non-hydrogen) atoms. The van der Waals surface area contributed by atoms with Gasteiger partial charge in [-0.25, -0.2) is 15.0 Å². The van der Waals surface area contributed by atoms with E-state index in [0.29, 0.717) is 24.3 Å². The Hall–Kier alpha value is -1.86. The van der Waals surface area contributed by atoms with Crippen molar-refractivity contribution >= 4 is 22.9 Å². The number of aromatic nitrogens is 3. The molecule has 0 spiro atoms. The highest BCUT2D eigenvalue weighted by Gasteiger charge is 2.17. The van der Waals surface area contributed by atoms with Crippen LogP contribution in [0.15, 0.2) is 17.8 Å². The van der Waals surface area contributed by atoms with E-state index in [0.717, 1.165) is 10.8 Å². The lowest BCUT2D eigenvalue weighted by atomic mass is 9.96. The maximum Gasteiger partial charge on any atom is 0.275 e. The first-order valence-electron chi connectivity index (χ1n) is 6.68. The fourth-order valence-corrected chi connectivity index (χ4v) is 2.42. The zero-order valence-electron chi connectivity index (χ0n) is 12.4. The first-order chi connectivity index (χ1) is 9.90. The Morgan fingerprint density at radius 2 is 2.00 bits per heavy atom. The molecule has 2 aromatic rings. The van der Waals surface area contributed by atoms with Gasteiger partial charge >= 0.3 is 0 Å². The topological polar surface area (TPSA) is 93.8 Å².